The second-order valence-corrected chi connectivity index (χ2v) is 6.66. The average molecular weight is 311 g/mol. The zero-order valence-electron chi connectivity index (χ0n) is 13.4. The maximum Gasteiger partial charge on any atom is 0.410 e. The van der Waals surface area contributed by atoms with Crippen LogP contribution in [0.1, 0.15) is 40.5 Å². The molecule has 0 radical (unpaired) electrons. The van der Waals surface area contributed by atoms with E-state index in [2.05, 4.69) is 5.10 Å². The lowest BCUT2D eigenvalue weighted by atomic mass is 9.84. The summed E-state index contributed by atoms with van der Waals surface area (Å²) in [4.78, 5) is 25.8. The summed E-state index contributed by atoms with van der Waals surface area (Å²) in [7, 11) is 0. The number of Topliss-reactive ketones (excluding diaryl/α,β-unsaturated/α-hetero) is 1. The van der Waals surface area contributed by atoms with E-state index in [0.29, 0.717) is 25.9 Å². The summed E-state index contributed by atoms with van der Waals surface area (Å²) in [5.74, 6) is -0.561. The highest BCUT2D eigenvalue weighted by Gasteiger charge is 2.43. The van der Waals surface area contributed by atoms with Crippen molar-refractivity contribution in [3.8, 4) is 0 Å². The van der Waals surface area contributed by atoms with E-state index in [1.165, 1.54) is 17.8 Å². The van der Waals surface area contributed by atoms with E-state index in [9.17, 15) is 14.0 Å². The summed E-state index contributed by atoms with van der Waals surface area (Å²) >= 11 is 0. The van der Waals surface area contributed by atoms with Crippen LogP contribution in [0.4, 0.5) is 9.18 Å². The Bertz CT molecular complexity index is 569. The molecule has 0 spiro atoms. The molecule has 1 aromatic heterocycles. The van der Waals surface area contributed by atoms with Crippen LogP contribution in [0.3, 0.4) is 0 Å². The Morgan fingerprint density at radius 1 is 1.32 bits per heavy atom. The minimum Gasteiger partial charge on any atom is -0.444 e. The molecule has 0 aromatic carbocycles. The number of ether oxygens (including phenoxy) is 1. The molecule has 0 bridgehead atoms. The molecule has 2 heterocycles. The first-order valence-corrected chi connectivity index (χ1v) is 7.34. The fourth-order valence-electron chi connectivity index (χ4n) is 2.66. The number of hydrogen-bond acceptors (Lipinski definition) is 4. The van der Waals surface area contributed by atoms with Gasteiger partial charge in [-0.25, -0.2) is 9.18 Å². The van der Waals surface area contributed by atoms with E-state index < -0.39 is 23.1 Å². The minimum atomic E-state index is -0.886. The summed E-state index contributed by atoms with van der Waals surface area (Å²) in [5.41, 5.74) is -1.44. The number of hydrogen-bond donors (Lipinski definition) is 0. The minimum absolute atomic E-state index is 0.0839. The standard InChI is InChI=1S/C15H22FN3O3/c1-11(20)15(19-10-12(16)9-17-19)5-7-18(8-6-15)13(21)22-14(2,3)4/h9-10H,5-8H2,1-4H3. The number of aromatic nitrogens is 2. The Labute approximate surface area is 129 Å². The monoisotopic (exact) mass is 311 g/mol. The highest BCUT2D eigenvalue weighted by molar-refractivity contribution is 5.84. The Morgan fingerprint density at radius 3 is 2.32 bits per heavy atom. The summed E-state index contributed by atoms with van der Waals surface area (Å²) in [6.45, 7) is 7.64. The molecule has 0 aliphatic carbocycles. The molecule has 2 rings (SSSR count). The number of nitrogens with zero attached hydrogens (tertiary/aromatic N) is 3. The number of ketones is 1. The van der Waals surface area contributed by atoms with Crippen LogP contribution in [0.2, 0.25) is 0 Å². The van der Waals surface area contributed by atoms with E-state index in [0.717, 1.165) is 6.20 Å². The summed E-state index contributed by atoms with van der Waals surface area (Å²) in [5, 5.41) is 3.95. The van der Waals surface area contributed by atoms with Gasteiger partial charge in [0.1, 0.15) is 11.1 Å². The number of piperidine rings is 1. The van der Waals surface area contributed by atoms with Crippen LogP contribution in [0.5, 0.6) is 0 Å². The number of likely N-dealkylation sites (tertiary alicyclic amines) is 1. The highest BCUT2D eigenvalue weighted by atomic mass is 19.1. The molecule has 0 atom stereocenters. The van der Waals surface area contributed by atoms with Crippen LogP contribution in [0.15, 0.2) is 12.4 Å². The van der Waals surface area contributed by atoms with Crippen molar-refractivity contribution in [2.75, 3.05) is 13.1 Å². The molecule has 1 saturated heterocycles. The number of halogens is 1. The Hall–Kier alpha value is -1.92. The second-order valence-electron chi connectivity index (χ2n) is 6.66. The van der Waals surface area contributed by atoms with Gasteiger partial charge in [-0.05, 0) is 40.5 Å². The van der Waals surface area contributed by atoms with E-state index in [4.69, 9.17) is 4.74 Å². The van der Waals surface area contributed by atoms with Crippen molar-refractivity contribution in [1.29, 1.82) is 0 Å². The second kappa shape index (κ2) is 5.70. The Morgan fingerprint density at radius 2 is 1.91 bits per heavy atom. The lowest BCUT2D eigenvalue weighted by Gasteiger charge is -2.40. The fourth-order valence-corrected chi connectivity index (χ4v) is 2.66. The van der Waals surface area contributed by atoms with Gasteiger partial charge in [0.2, 0.25) is 0 Å². The van der Waals surface area contributed by atoms with Gasteiger partial charge in [0.05, 0.1) is 12.4 Å². The molecular weight excluding hydrogens is 289 g/mol. The summed E-state index contributed by atoms with van der Waals surface area (Å²) in [6.07, 6.45) is 2.71. The van der Waals surface area contributed by atoms with Crippen LogP contribution in [-0.4, -0.2) is 45.2 Å². The Kier molecular flexibility index (Phi) is 4.26. The molecule has 6 nitrogen and oxygen atoms in total. The van der Waals surface area contributed by atoms with Crippen molar-refractivity contribution in [1.82, 2.24) is 14.7 Å². The van der Waals surface area contributed by atoms with Gasteiger partial charge >= 0.3 is 6.09 Å². The first-order chi connectivity index (χ1) is 10.1. The maximum atomic E-state index is 13.2. The molecule has 1 fully saturated rings. The van der Waals surface area contributed by atoms with Crippen molar-refractivity contribution < 1.29 is 18.7 Å². The van der Waals surface area contributed by atoms with Gasteiger partial charge in [-0.3, -0.25) is 9.48 Å². The maximum absolute atomic E-state index is 13.2. The average Bonchev–Trinajstić information content (AvgIpc) is 2.83. The van der Waals surface area contributed by atoms with Crippen molar-refractivity contribution in [2.24, 2.45) is 0 Å². The smallest absolute Gasteiger partial charge is 0.410 e. The normalized spacial score (nSPS) is 18.1. The lowest BCUT2D eigenvalue weighted by molar-refractivity contribution is -0.128. The third-order valence-corrected chi connectivity index (χ3v) is 3.89. The number of carbonyl (C=O) groups is 2. The third-order valence-electron chi connectivity index (χ3n) is 3.89. The van der Waals surface area contributed by atoms with Crippen molar-refractivity contribution in [2.45, 2.75) is 51.7 Å². The van der Waals surface area contributed by atoms with Crippen molar-refractivity contribution >= 4 is 11.9 Å². The van der Waals surface area contributed by atoms with Gasteiger partial charge in [-0.15, -0.1) is 0 Å². The molecule has 22 heavy (non-hydrogen) atoms. The van der Waals surface area contributed by atoms with Gasteiger partial charge in [0.15, 0.2) is 11.6 Å². The molecule has 0 saturated carbocycles. The predicted molar refractivity (Wildman–Crippen MR) is 77.9 cm³/mol. The zero-order valence-corrected chi connectivity index (χ0v) is 13.4. The zero-order chi connectivity index (χ0) is 16.5. The van der Waals surface area contributed by atoms with E-state index in [-0.39, 0.29) is 5.78 Å². The van der Waals surface area contributed by atoms with Crippen LogP contribution >= 0.6 is 0 Å². The number of rotatable bonds is 2. The quantitative estimate of drug-likeness (QED) is 0.841. The molecule has 1 amide bonds. The van der Waals surface area contributed by atoms with E-state index in [1.807, 2.05) is 0 Å². The van der Waals surface area contributed by atoms with Crippen molar-refractivity contribution in [3.63, 3.8) is 0 Å². The molecule has 0 unspecified atom stereocenters. The lowest BCUT2D eigenvalue weighted by Crippen LogP contribution is -2.52. The van der Waals surface area contributed by atoms with Gasteiger partial charge in [-0.2, -0.15) is 5.10 Å². The van der Waals surface area contributed by atoms with Crippen molar-refractivity contribution in [3.05, 3.63) is 18.2 Å². The fraction of sp³-hybridized carbons (Fsp3) is 0.667. The molecule has 7 heteroatoms. The Balaban J connectivity index is 2.11. The molecule has 1 aliphatic heterocycles. The van der Waals surface area contributed by atoms with Crippen LogP contribution in [0.25, 0.3) is 0 Å². The molecule has 122 valence electrons. The summed E-state index contributed by atoms with van der Waals surface area (Å²) in [6, 6.07) is 0. The largest absolute Gasteiger partial charge is 0.444 e. The van der Waals surface area contributed by atoms with Gasteiger partial charge in [-0.1, -0.05) is 0 Å². The molecule has 1 aromatic rings. The van der Waals surface area contributed by atoms with Crippen LogP contribution in [0, 0.1) is 5.82 Å². The first-order valence-electron chi connectivity index (χ1n) is 7.34. The van der Waals surface area contributed by atoms with Crippen LogP contribution < -0.4 is 0 Å². The van der Waals surface area contributed by atoms with Gasteiger partial charge in [0.25, 0.3) is 0 Å². The van der Waals surface area contributed by atoms with Crippen LogP contribution in [-0.2, 0) is 15.1 Å². The molecule has 1 aliphatic rings. The molecule has 0 N–H and O–H groups in total. The SMILES string of the molecule is CC(=O)C1(n2cc(F)cn2)CCN(C(=O)OC(C)(C)C)CC1. The van der Waals surface area contributed by atoms with E-state index >= 15 is 0 Å². The number of carbonyl (C=O) groups excluding carboxylic acids is 2. The van der Waals surface area contributed by atoms with Gasteiger partial charge in [0, 0.05) is 13.1 Å². The number of amides is 1. The first kappa shape index (κ1) is 16.5. The summed E-state index contributed by atoms with van der Waals surface area (Å²) < 4.78 is 19.9. The van der Waals surface area contributed by atoms with Gasteiger partial charge < -0.3 is 9.64 Å². The predicted octanol–water partition coefficient (Wildman–Crippen LogP) is 2.34. The van der Waals surface area contributed by atoms with E-state index in [1.54, 1.807) is 25.7 Å². The topological polar surface area (TPSA) is 64.4 Å². The third kappa shape index (κ3) is 3.28. The molecular formula is C15H22FN3O3. The highest BCUT2D eigenvalue weighted by Crippen LogP contribution is 2.31.